The molecule has 1 nitrogen and oxygen atoms in total. The Morgan fingerprint density at radius 2 is 0.846 bits per heavy atom. The van der Waals surface area contributed by atoms with Gasteiger partial charge < -0.3 is 4.57 Å². The summed E-state index contributed by atoms with van der Waals surface area (Å²) in [5, 5.41) is 4.28. The van der Waals surface area contributed by atoms with E-state index >= 15 is 0 Å². The molecule has 0 aliphatic heterocycles. The van der Waals surface area contributed by atoms with Crippen molar-refractivity contribution >= 4 is 28.5 Å². The number of fused-ring (bicyclic) bond motifs is 1. The number of benzene rings is 4. The fourth-order valence-electron chi connectivity index (χ4n) is 2.79. The molecule has 128 valence electrons. The van der Waals surface area contributed by atoms with Gasteiger partial charge in [-0.1, -0.05) is 116 Å². The van der Waals surface area contributed by atoms with E-state index in [0.717, 1.165) is 10.6 Å². The van der Waals surface area contributed by atoms with Gasteiger partial charge in [0.1, 0.15) is 0 Å². The lowest BCUT2D eigenvalue weighted by molar-refractivity contribution is 0.592. The van der Waals surface area contributed by atoms with E-state index in [-0.39, 0.29) is 0 Å². The minimum Gasteiger partial charge on any atom is -0.309 e. The van der Waals surface area contributed by atoms with Crippen LogP contribution in [0.1, 0.15) is 0 Å². The highest BCUT2D eigenvalue weighted by Gasteiger charge is 2.22. The second-order valence-electron chi connectivity index (χ2n) is 5.86. The number of hydrogen-bond donors (Lipinski definition) is 0. The molecule has 0 radical (unpaired) electrons. The maximum Gasteiger partial charge on any atom is 0.163 e. The van der Waals surface area contributed by atoms with E-state index in [4.69, 9.17) is 0 Å². The Morgan fingerprint density at radius 3 is 1.15 bits per heavy atom. The Labute approximate surface area is 155 Å². The summed E-state index contributed by atoms with van der Waals surface area (Å²) in [7, 11) is -2.64. The van der Waals surface area contributed by atoms with Gasteiger partial charge in [0.15, 0.2) is 7.14 Å². The average molecular weight is 356 g/mol. The average Bonchev–Trinajstić information content (AvgIpc) is 2.75. The van der Waals surface area contributed by atoms with E-state index in [0.29, 0.717) is 0 Å². The third-order valence-corrected chi connectivity index (χ3v) is 6.84. The summed E-state index contributed by atoms with van der Waals surface area (Å²) >= 11 is 0. The lowest BCUT2D eigenvalue weighted by atomic mass is 10.1. The normalized spacial score (nSPS) is 10.6. The van der Waals surface area contributed by atoms with Crippen molar-refractivity contribution in [2.75, 3.05) is 0 Å². The maximum atomic E-state index is 12.9. The fraction of sp³-hybridized carbons (Fsp3) is 0. The van der Waals surface area contributed by atoms with Crippen molar-refractivity contribution < 1.29 is 4.57 Å². The molecular weight excluding hydrogens is 335 g/mol. The van der Waals surface area contributed by atoms with Gasteiger partial charge in [-0.3, -0.25) is 0 Å². The summed E-state index contributed by atoms with van der Waals surface area (Å²) in [6, 6.07) is 35.7. The molecule has 2 heteroatoms. The summed E-state index contributed by atoms with van der Waals surface area (Å²) in [6.45, 7) is 3.72. The molecule has 26 heavy (non-hydrogen) atoms. The quantitative estimate of drug-likeness (QED) is 0.413. The van der Waals surface area contributed by atoms with Crippen LogP contribution in [-0.4, -0.2) is 0 Å². The first-order valence-corrected chi connectivity index (χ1v) is 10.3. The van der Waals surface area contributed by atoms with Gasteiger partial charge in [-0.15, -0.1) is 0 Å². The molecule has 0 amide bonds. The van der Waals surface area contributed by atoms with Crippen molar-refractivity contribution in [1.82, 2.24) is 0 Å². The van der Waals surface area contributed by atoms with Gasteiger partial charge in [0.05, 0.1) is 0 Å². The van der Waals surface area contributed by atoms with Crippen molar-refractivity contribution in [3.63, 3.8) is 0 Å². The third-order valence-electron chi connectivity index (χ3n) is 4.20. The van der Waals surface area contributed by atoms with Crippen LogP contribution in [0, 0.1) is 0 Å². The fourth-order valence-corrected chi connectivity index (χ4v) is 4.74. The summed E-state index contributed by atoms with van der Waals surface area (Å²) < 4.78 is 12.9. The molecule has 0 aliphatic carbocycles. The van der Waals surface area contributed by atoms with Crippen LogP contribution in [0.2, 0.25) is 0 Å². The van der Waals surface area contributed by atoms with Crippen molar-refractivity contribution in [3.05, 3.63) is 122 Å². The van der Waals surface area contributed by atoms with Crippen LogP contribution >= 0.6 is 7.14 Å². The zero-order chi connectivity index (χ0) is 18.2. The zero-order valence-electron chi connectivity index (χ0n) is 14.5. The van der Waals surface area contributed by atoms with Gasteiger partial charge in [0, 0.05) is 10.6 Å². The Hall–Kier alpha value is -2.89. The first-order valence-electron chi connectivity index (χ1n) is 8.52. The van der Waals surface area contributed by atoms with Gasteiger partial charge in [-0.2, -0.15) is 0 Å². The molecule has 4 rings (SSSR count). The largest absolute Gasteiger partial charge is 0.309 e. The molecule has 0 spiro atoms. The van der Waals surface area contributed by atoms with E-state index in [1.54, 1.807) is 5.82 Å². The lowest BCUT2D eigenvalue weighted by Gasteiger charge is -2.14. The second-order valence-corrected chi connectivity index (χ2v) is 8.57. The van der Waals surface area contributed by atoms with Crippen LogP contribution in [0.15, 0.2) is 122 Å². The lowest BCUT2D eigenvalue weighted by Crippen LogP contribution is -2.13. The molecule has 0 unspecified atom stereocenters. The highest BCUT2D eigenvalue weighted by atomic mass is 31.2. The molecule has 0 heterocycles. The smallest absolute Gasteiger partial charge is 0.163 e. The first-order chi connectivity index (χ1) is 12.7. The molecule has 0 aromatic heterocycles. The second kappa shape index (κ2) is 8.47. The Balaban J connectivity index is 0.000000167. The van der Waals surface area contributed by atoms with E-state index in [1.807, 2.05) is 60.7 Å². The van der Waals surface area contributed by atoms with E-state index in [1.165, 1.54) is 10.8 Å². The van der Waals surface area contributed by atoms with E-state index in [9.17, 15) is 4.57 Å². The molecule has 0 bridgehead atoms. The Morgan fingerprint density at radius 1 is 0.538 bits per heavy atom. The van der Waals surface area contributed by atoms with Gasteiger partial charge >= 0.3 is 0 Å². The summed E-state index contributed by atoms with van der Waals surface area (Å²) in [4.78, 5) is 0. The van der Waals surface area contributed by atoms with Crippen molar-refractivity contribution in [2.45, 2.75) is 0 Å². The summed E-state index contributed by atoms with van der Waals surface area (Å²) in [5.41, 5.74) is 0. The molecule has 0 saturated carbocycles. The van der Waals surface area contributed by atoms with Gasteiger partial charge in [0.2, 0.25) is 0 Å². The van der Waals surface area contributed by atoms with Gasteiger partial charge in [-0.25, -0.2) is 0 Å². The number of hydrogen-bond acceptors (Lipinski definition) is 1. The molecular formula is C24H21OP. The molecule has 0 atom stereocenters. The van der Waals surface area contributed by atoms with E-state index in [2.05, 4.69) is 55.1 Å². The molecule has 4 aromatic rings. The highest BCUT2D eigenvalue weighted by Crippen LogP contribution is 2.43. The van der Waals surface area contributed by atoms with Gasteiger partial charge in [-0.05, 0) is 16.6 Å². The maximum absolute atomic E-state index is 12.9. The monoisotopic (exact) mass is 356 g/mol. The van der Waals surface area contributed by atoms with Crippen LogP contribution in [0.25, 0.3) is 10.8 Å². The zero-order valence-corrected chi connectivity index (χ0v) is 15.4. The first kappa shape index (κ1) is 17.9. The predicted molar refractivity (Wildman–Crippen MR) is 114 cm³/mol. The van der Waals surface area contributed by atoms with Crippen molar-refractivity contribution in [3.8, 4) is 0 Å². The molecule has 0 fully saturated rings. The predicted octanol–water partition coefficient (Wildman–Crippen LogP) is 5.98. The summed E-state index contributed by atoms with van der Waals surface area (Å²) in [6.07, 6.45) is 0. The van der Waals surface area contributed by atoms with E-state index < -0.39 is 7.14 Å². The minimum atomic E-state index is -2.64. The minimum absolute atomic E-state index is 0.830. The third kappa shape index (κ3) is 4.02. The summed E-state index contributed by atoms with van der Waals surface area (Å²) in [5.74, 6) is 1.57. The van der Waals surface area contributed by atoms with Crippen LogP contribution in [0.5, 0.6) is 0 Å². The highest BCUT2D eigenvalue weighted by molar-refractivity contribution is 7.81. The number of rotatable bonds is 3. The van der Waals surface area contributed by atoms with Crippen LogP contribution in [0.3, 0.4) is 0 Å². The topological polar surface area (TPSA) is 17.1 Å². The van der Waals surface area contributed by atoms with Crippen LogP contribution in [-0.2, 0) is 4.57 Å². The van der Waals surface area contributed by atoms with Crippen LogP contribution in [0.4, 0.5) is 0 Å². The van der Waals surface area contributed by atoms with Gasteiger partial charge in [0.25, 0.3) is 0 Å². The molecule has 0 aliphatic rings. The standard InChI is InChI=1S/C14H13OP.C10H8/c1-2-16(15,13-9-5-3-6-10-13)14-11-7-4-8-12-14;1-2-6-10-8-4-3-7-9(10)5-1/h2-12H,1H2;1-8H. The molecule has 0 N–H and O–H groups in total. The van der Waals surface area contributed by atoms with Crippen molar-refractivity contribution in [1.29, 1.82) is 0 Å². The van der Waals surface area contributed by atoms with Crippen molar-refractivity contribution in [2.24, 2.45) is 0 Å². The SMILES string of the molecule is C=CP(=O)(c1ccccc1)c1ccccc1.c1ccc2ccccc2c1. The van der Waals surface area contributed by atoms with Crippen LogP contribution < -0.4 is 10.6 Å². The Kier molecular flexibility index (Phi) is 5.84. The Bertz CT molecular complexity index is 914. The molecule has 0 saturated heterocycles. The molecule has 4 aromatic carbocycles.